The molecule has 0 amide bonds. The number of carbonyl (C=O) groups excluding carboxylic acids is 2. The van der Waals surface area contributed by atoms with E-state index in [1.54, 1.807) is 34.6 Å². The van der Waals surface area contributed by atoms with Gasteiger partial charge in [0.25, 0.3) is 0 Å². The van der Waals surface area contributed by atoms with Crippen LogP contribution in [0.5, 0.6) is 0 Å². The number of aliphatic hydroxyl groups is 1. The molecule has 0 unspecified atom stereocenters. The Morgan fingerprint density at radius 1 is 1.26 bits per heavy atom. The van der Waals surface area contributed by atoms with E-state index in [0.29, 0.717) is 0 Å². The number of nitrogens with zero attached hydrogens (tertiary/aromatic N) is 4. The Morgan fingerprint density at radius 2 is 1.93 bits per heavy atom. The number of esters is 1. The number of nitrogen functional groups attached to an aromatic ring is 2. The van der Waals surface area contributed by atoms with Crippen LogP contribution in [0.4, 0.5) is 11.8 Å². The van der Waals surface area contributed by atoms with E-state index in [9.17, 15) is 19.3 Å². The second kappa shape index (κ2) is 13.5. The van der Waals surface area contributed by atoms with Crippen molar-refractivity contribution in [2.24, 2.45) is 5.41 Å². The maximum atomic E-state index is 13.7. The van der Waals surface area contributed by atoms with Crippen molar-refractivity contribution in [3.05, 3.63) is 6.33 Å². The van der Waals surface area contributed by atoms with Gasteiger partial charge in [0.05, 0.1) is 25.6 Å². The SMILES string of the molecule is CC(C)OC(=O)[C@@H](C)N[P@@](=O)(OCCSC(=O)C(C)(C)C)OC[C@H]1O[C@@H](n2cnc3c(N)nc(N)nc32)C(Cl)(Cl)[C@@H]1O. The Kier molecular flexibility index (Phi) is 11.2. The second-order valence-electron chi connectivity index (χ2n) is 10.8. The molecule has 3 rings (SSSR count). The molecule has 1 fully saturated rings. The lowest BCUT2D eigenvalue weighted by Crippen LogP contribution is -2.39. The highest BCUT2D eigenvalue weighted by Gasteiger charge is 2.56. The first kappa shape index (κ1) is 34.7. The van der Waals surface area contributed by atoms with Gasteiger partial charge in [-0.05, 0) is 20.8 Å². The van der Waals surface area contributed by atoms with Crippen LogP contribution in [0.15, 0.2) is 6.33 Å². The standard InChI is InChI=1S/C23H36Cl2N7O8PS/c1-11(2)39-18(34)12(3)31-41(36,37-7-8-42-20(35)22(4,5)6)38-9-13-15(33)23(24,25)19(40-13)32-10-28-14-16(26)29-21(27)30-17(14)32/h10-13,15,19,33H,7-9H2,1-6H3,(H,31,36)(H4,26,27,29,30)/t12-,13-,15-,19-,41-/m1/s1. The van der Waals surface area contributed by atoms with Gasteiger partial charge < -0.3 is 26.0 Å². The Labute approximate surface area is 257 Å². The topological polar surface area (TPSA) is 216 Å². The molecule has 1 aliphatic heterocycles. The van der Waals surface area contributed by atoms with Crippen molar-refractivity contribution >= 4 is 76.7 Å². The first-order valence-electron chi connectivity index (χ1n) is 12.9. The molecular weight excluding hydrogens is 636 g/mol. The smallest absolute Gasteiger partial charge is 0.406 e. The number of nitrogens with two attached hydrogens (primary N) is 2. The maximum absolute atomic E-state index is 13.7. The molecule has 42 heavy (non-hydrogen) atoms. The quantitative estimate of drug-likeness (QED) is 0.110. The molecular formula is C23H36Cl2N7O8PS. The number of aliphatic hydroxyl groups excluding tert-OH is 1. The maximum Gasteiger partial charge on any atom is 0.406 e. The van der Waals surface area contributed by atoms with Gasteiger partial charge in [-0.3, -0.25) is 23.2 Å². The molecule has 0 spiro atoms. The first-order chi connectivity index (χ1) is 19.4. The minimum absolute atomic E-state index is 0.0149. The molecule has 1 aliphatic rings. The second-order valence-corrected chi connectivity index (χ2v) is 15.1. The van der Waals surface area contributed by atoms with Crippen LogP contribution in [0.3, 0.4) is 0 Å². The van der Waals surface area contributed by atoms with Crippen molar-refractivity contribution in [2.75, 3.05) is 30.4 Å². The third kappa shape index (κ3) is 8.24. The van der Waals surface area contributed by atoms with Crippen molar-refractivity contribution in [2.45, 2.75) is 76.5 Å². The largest absolute Gasteiger partial charge is 0.462 e. The summed E-state index contributed by atoms with van der Waals surface area (Å²) >= 11 is 14.0. The summed E-state index contributed by atoms with van der Waals surface area (Å²) in [5, 5.41) is 13.4. The highest BCUT2D eigenvalue weighted by Crippen LogP contribution is 2.50. The molecule has 236 valence electrons. The third-order valence-corrected chi connectivity index (χ3v) is 9.53. The minimum atomic E-state index is -4.25. The van der Waals surface area contributed by atoms with E-state index in [4.69, 9.17) is 53.2 Å². The average molecular weight is 673 g/mol. The Morgan fingerprint density at radius 3 is 2.55 bits per heavy atom. The minimum Gasteiger partial charge on any atom is -0.462 e. The lowest BCUT2D eigenvalue weighted by molar-refractivity contribution is -0.149. The molecule has 2 aromatic heterocycles. The molecule has 3 heterocycles. The number of halogens is 2. The molecule has 0 radical (unpaired) electrons. The number of imidazole rings is 1. The van der Waals surface area contributed by atoms with Gasteiger partial charge in [-0.25, -0.2) is 14.6 Å². The summed E-state index contributed by atoms with van der Waals surface area (Å²) in [6.07, 6.45) is -3.17. The number of ether oxygens (including phenoxy) is 2. The summed E-state index contributed by atoms with van der Waals surface area (Å²) in [5.74, 6) is -0.651. The van der Waals surface area contributed by atoms with Gasteiger partial charge in [-0.1, -0.05) is 55.7 Å². The zero-order valence-corrected chi connectivity index (χ0v) is 27.2. The molecule has 0 aromatic carbocycles. The lowest BCUT2D eigenvalue weighted by atomic mass is 10.00. The van der Waals surface area contributed by atoms with Gasteiger partial charge in [0, 0.05) is 11.2 Å². The molecule has 0 saturated carbocycles. The number of anilines is 2. The Hall–Kier alpha value is -1.75. The molecule has 5 atom stereocenters. The Bertz CT molecular complexity index is 1340. The van der Waals surface area contributed by atoms with E-state index in [1.807, 2.05) is 0 Å². The zero-order valence-electron chi connectivity index (χ0n) is 23.9. The van der Waals surface area contributed by atoms with E-state index in [1.165, 1.54) is 17.8 Å². The van der Waals surface area contributed by atoms with Crippen molar-refractivity contribution in [1.29, 1.82) is 0 Å². The van der Waals surface area contributed by atoms with Crippen molar-refractivity contribution in [1.82, 2.24) is 24.6 Å². The fourth-order valence-electron chi connectivity index (χ4n) is 3.65. The van der Waals surface area contributed by atoms with E-state index >= 15 is 0 Å². The summed E-state index contributed by atoms with van der Waals surface area (Å²) in [5.41, 5.74) is 11.4. The van der Waals surface area contributed by atoms with Gasteiger partial charge in [0.15, 0.2) is 27.1 Å². The number of hydrogen-bond donors (Lipinski definition) is 4. The molecule has 2 aromatic rings. The van der Waals surface area contributed by atoms with Gasteiger partial charge in [0.2, 0.25) is 5.95 Å². The number of nitrogens with one attached hydrogen (secondary N) is 1. The van der Waals surface area contributed by atoms with Crippen LogP contribution in [0.25, 0.3) is 11.2 Å². The van der Waals surface area contributed by atoms with Crippen molar-refractivity contribution in [3.8, 4) is 0 Å². The summed E-state index contributed by atoms with van der Waals surface area (Å²) in [4.78, 5) is 36.7. The predicted molar refractivity (Wildman–Crippen MR) is 159 cm³/mol. The monoisotopic (exact) mass is 671 g/mol. The summed E-state index contributed by atoms with van der Waals surface area (Å²) in [6.45, 7) is 9.38. The molecule has 19 heteroatoms. The highest BCUT2D eigenvalue weighted by molar-refractivity contribution is 8.13. The summed E-state index contributed by atoms with van der Waals surface area (Å²) < 4.78 is 35.3. The molecule has 0 aliphatic carbocycles. The van der Waals surface area contributed by atoms with E-state index < -0.39 is 60.7 Å². The van der Waals surface area contributed by atoms with E-state index in [0.717, 1.165) is 11.8 Å². The molecule has 6 N–H and O–H groups in total. The van der Waals surface area contributed by atoms with Gasteiger partial charge >= 0.3 is 13.7 Å². The zero-order chi connectivity index (χ0) is 31.6. The van der Waals surface area contributed by atoms with Crippen molar-refractivity contribution in [3.63, 3.8) is 0 Å². The van der Waals surface area contributed by atoms with Gasteiger partial charge in [-0.15, -0.1) is 0 Å². The van der Waals surface area contributed by atoms with Crippen LogP contribution >= 0.6 is 42.7 Å². The summed E-state index contributed by atoms with van der Waals surface area (Å²) in [6, 6.07) is -1.10. The van der Waals surface area contributed by atoms with E-state index in [2.05, 4.69) is 20.0 Å². The van der Waals surface area contributed by atoms with Crippen LogP contribution < -0.4 is 16.6 Å². The molecule has 1 saturated heterocycles. The number of hydrogen-bond acceptors (Lipinski definition) is 14. The van der Waals surface area contributed by atoms with Crippen LogP contribution in [0.1, 0.15) is 47.8 Å². The molecule has 0 bridgehead atoms. The number of thioether (sulfide) groups is 1. The highest BCUT2D eigenvalue weighted by atomic mass is 35.5. The summed E-state index contributed by atoms with van der Waals surface area (Å²) in [7, 11) is -4.25. The normalized spacial score (nSPS) is 22.8. The number of alkyl halides is 2. The van der Waals surface area contributed by atoms with Crippen LogP contribution in [0, 0.1) is 5.41 Å². The van der Waals surface area contributed by atoms with Crippen LogP contribution in [0.2, 0.25) is 0 Å². The fourth-order valence-corrected chi connectivity index (χ4v) is 6.63. The van der Waals surface area contributed by atoms with Crippen molar-refractivity contribution < 1.29 is 37.8 Å². The number of rotatable bonds is 12. The number of fused-ring (bicyclic) bond motifs is 1. The predicted octanol–water partition coefficient (Wildman–Crippen LogP) is 2.80. The van der Waals surface area contributed by atoms with E-state index in [-0.39, 0.29) is 40.4 Å². The first-order valence-corrected chi connectivity index (χ1v) is 16.2. The average Bonchev–Trinajstić information content (AvgIpc) is 3.37. The van der Waals surface area contributed by atoms with Gasteiger partial charge in [-0.2, -0.15) is 9.97 Å². The van der Waals surface area contributed by atoms with Crippen LogP contribution in [-0.4, -0.2) is 83.4 Å². The molecule has 15 nitrogen and oxygen atoms in total. The Balaban J connectivity index is 1.76. The number of carbonyl (C=O) groups is 2. The van der Waals surface area contributed by atoms with Crippen LogP contribution in [-0.2, 0) is 32.7 Å². The lowest BCUT2D eigenvalue weighted by Gasteiger charge is -2.25. The fraction of sp³-hybridized carbons (Fsp3) is 0.696. The third-order valence-electron chi connectivity index (χ3n) is 5.75. The van der Waals surface area contributed by atoms with Gasteiger partial charge in [0.1, 0.15) is 23.8 Å². The number of aromatic nitrogens is 4.